The third kappa shape index (κ3) is 6.63. The van der Waals surface area contributed by atoms with Gasteiger partial charge in [-0.05, 0) is 73.6 Å². The fourth-order valence-electron chi connectivity index (χ4n) is 3.70. The number of aryl methyl sites for hydroxylation is 2. The van der Waals surface area contributed by atoms with Gasteiger partial charge in [-0.2, -0.15) is 5.26 Å². The van der Waals surface area contributed by atoms with E-state index in [4.69, 9.17) is 10.00 Å². The quantitative estimate of drug-likeness (QED) is 0.430. The third-order valence-corrected chi connectivity index (χ3v) is 6.99. The SMILES string of the molecule is CC(NC(=O)COC(=O)c1ccc(S(=O)(=O)NCCC#N)cc1)c1ccc2c(c1)CCCC2. The second-order valence-corrected chi connectivity index (χ2v) is 9.70. The average Bonchev–Trinajstić information content (AvgIpc) is 2.82. The highest BCUT2D eigenvalue weighted by molar-refractivity contribution is 7.89. The molecule has 2 aromatic carbocycles. The number of fused-ring (bicyclic) bond motifs is 1. The van der Waals surface area contributed by atoms with E-state index in [0.717, 1.165) is 18.4 Å². The van der Waals surface area contributed by atoms with E-state index in [2.05, 4.69) is 22.2 Å². The molecular weight excluding hydrogens is 442 g/mol. The normalized spacial score (nSPS) is 13.9. The van der Waals surface area contributed by atoms with E-state index >= 15 is 0 Å². The second-order valence-electron chi connectivity index (χ2n) is 7.93. The van der Waals surface area contributed by atoms with Crippen LogP contribution in [0.3, 0.4) is 0 Å². The van der Waals surface area contributed by atoms with Gasteiger partial charge in [0, 0.05) is 13.0 Å². The number of nitriles is 1. The van der Waals surface area contributed by atoms with Crippen molar-refractivity contribution in [3.63, 3.8) is 0 Å². The molecule has 2 N–H and O–H groups in total. The van der Waals surface area contributed by atoms with Gasteiger partial charge in [0.2, 0.25) is 10.0 Å². The lowest BCUT2D eigenvalue weighted by atomic mass is 9.89. The number of esters is 1. The molecule has 0 fully saturated rings. The molecule has 1 atom stereocenters. The Hall–Kier alpha value is -3.22. The molecule has 33 heavy (non-hydrogen) atoms. The number of nitrogens with zero attached hydrogens (tertiary/aromatic N) is 1. The first-order chi connectivity index (χ1) is 15.8. The summed E-state index contributed by atoms with van der Waals surface area (Å²) in [5.41, 5.74) is 3.84. The van der Waals surface area contributed by atoms with Crippen LogP contribution in [0, 0.1) is 11.3 Å². The number of hydrogen-bond donors (Lipinski definition) is 2. The lowest BCUT2D eigenvalue weighted by Crippen LogP contribution is -2.31. The molecule has 0 aromatic heterocycles. The fraction of sp³-hybridized carbons (Fsp3) is 0.375. The molecule has 0 saturated heterocycles. The predicted octanol–water partition coefficient (Wildman–Crippen LogP) is 2.79. The molecule has 8 nitrogen and oxygen atoms in total. The highest BCUT2D eigenvalue weighted by Gasteiger charge is 2.17. The first-order valence-corrected chi connectivity index (χ1v) is 12.3. The molecule has 0 saturated carbocycles. The number of nitrogens with one attached hydrogen (secondary N) is 2. The summed E-state index contributed by atoms with van der Waals surface area (Å²) in [5, 5.41) is 11.3. The lowest BCUT2D eigenvalue weighted by molar-refractivity contribution is -0.124. The topological polar surface area (TPSA) is 125 Å². The van der Waals surface area contributed by atoms with Gasteiger partial charge in [-0.1, -0.05) is 18.2 Å². The Bertz CT molecular complexity index is 1150. The van der Waals surface area contributed by atoms with E-state index in [1.165, 1.54) is 48.2 Å². The van der Waals surface area contributed by atoms with Gasteiger partial charge in [0.15, 0.2) is 6.61 Å². The Morgan fingerprint density at radius 2 is 1.79 bits per heavy atom. The van der Waals surface area contributed by atoms with Crippen LogP contribution in [0.1, 0.15) is 59.3 Å². The highest BCUT2D eigenvalue weighted by atomic mass is 32.2. The lowest BCUT2D eigenvalue weighted by Gasteiger charge is -2.20. The summed E-state index contributed by atoms with van der Waals surface area (Å²) in [6, 6.07) is 13.1. The molecule has 9 heteroatoms. The van der Waals surface area contributed by atoms with Crippen molar-refractivity contribution >= 4 is 21.9 Å². The van der Waals surface area contributed by atoms with Crippen LogP contribution >= 0.6 is 0 Å². The fourth-order valence-corrected chi connectivity index (χ4v) is 4.73. The van der Waals surface area contributed by atoms with Crippen LogP contribution < -0.4 is 10.0 Å². The molecule has 1 aliphatic rings. The van der Waals surface area contributed by atoms with E-state index < -0.39 is 28.5 Å². The van der Waals surface area contributed by atoms with E-state index in [0.29, 0.717) is 0 Å². The number of sulfonamides is 1. The predicted molar refractivity (Wildman–Crippen MR) is 122 cm³/mol. The summed E-state index contributed by atoms with van der Waals surface area (Å²) in [5.74, 6) is -1.15. The van der Waals surface area contributed by atoms with Gasteiger partial charge in [0.05, 0.1) is 22.6 Å². The Kier molecular flexibility index (Phi) is 8.20. The smallest absolute Gasteiger partial charge is 0.338 e. The Morgan fingerprint density at radius 3 is 2.48 bits per heavy atom. The van der Waals surface area contributed by atoms with Crippen molar-refractivity contribution in [1.82, 2.24) is 10.0 Å². The summed E-state index contributed by atoms with van der Waals surface area (Å²) < 4.78 is 31.6. The summed E-state index contributed by atoms with van der Waals surface area (Å²) in [6.07, 6.45) is 4.59. The number of amides is 1. The van der Waals surface area contributed by atoms with Crippen molar-refractivity contribution in [3.05, 3.63) is 64.7 Å². The van der Waals surface area contributed by atoms with Crippen molar-refractivity contribution in [1.29, 1.82) is 5.26 Å². The molecule has 0 spiro atoms. The molecule has 2 aromatic rings. The van der Waals surface area contributed by atoms with Gasteiger partial charge in [-0.15, -0.1) is 0 Å². The summed E-state index contributed by atoms with van der Waals surface area (Å²) in [7, 11) is -3.76. The van der Waals surface area contributed by atoms with Crippen LogP contribution in [0.4, 0.5) is 0 Å². The molecule has 0 heterocycles. The van der Waals surface area contributed by atoms with Gasteiger partial charge in [-0.3, -0.25) is 4.79 Å². The summed E-state index contributed by atoms with van der Waals surface area (Å²) >= 11 is 0. The molecule has 0 bridgehead atoms. The van der Waals surface area contributed by atoms with E-state index in [-0.39, 0.29) is 29.5 Å². The Morgan fingerprint density at radius 1 is 1.09 bits per heavy atom. The van der Waals surface area contributed by atoms with E-state index in [1.54, 1.807) is 0 Å². The molecule has 1 unspecified atom stereocenters. The van der Waals surface area contributed by atoms with E-state index in [1.807, 2.05) is 19.1 Å². The minimum Gasteiger partial charge on any atom is -0.452 e. The maximum atomic E-state index is 12.3. The van der Waals surface area contributed by atoms with Crippen LogP contribution in [0.25, 0.3) is 0 Å². The average molecular weight is 470 g/mol. The van der Waals surface area contributed by atoms with Crippen molar-refractivity contribution in [2.24, 2.45) is 0 Å². The Labute approximate surface area is 194 Å². The molecule has 174 valence electrons. The van der Waals surface area contributed by atoms with Crippen molar-refractivity contribution in [3.8, 4) is 6.07 Å². The number of carbonyl (C=O) groups excluding carboxylic acids is 2. The van der Waals surface area contributed by atoms with E-state index in [9.17, 15) is 18.0 Å². The summed E-state index contributed by atoms with van der Waals surface area (Å²) in [6.45, 7) is 1.44. The zero-order valence-corrected chi connectivity index (χ0v) is 19.3. The minimum absolute atomic E-state index is 0.00160. The number of hydrogen-bond acceptors (Lipinski definition) is 6. The number of carbonyl (C=O) groups is 2. The molecule has 1 amide bonds. The molecule has 1 aliphatic carbocycles. The first-order valence-electron chi connectivity index (χ1n) is 10.8. The first kappa shape index (κ1) is 24.4. The number of benzene rings is 2. The monoisotopic (exact) mass is 469 g/mol. The third-order valence-electron chi connectivity index (χ3n) is 5.51. The standard InChI is InChI=1S/C24H27N3O5S/c1-17(20-8-7-18-5-2-3-6-21(18)15-20)27-23(28)16-32-24(29)19-9-11-22(12-10-19)33(30,31)26-14-4-13-25/h7-12,15,17,26H,2-6,14,16H2,1H3,(H,27,28). The van der Waals surface area contributed by atoms with Crippen molar-refractivity contribution < 1.29 is 22.7 Å². The molecular formula is C24H27N3O5S. The van der Waals surface area contributed by atoms with Gasteiger partial charge in [-0.25, -0.2) is 17.9 Å². The number of rotatable bonds is 9. The van der Waals surface area contributed by atoms with Crippen LogP contribution in [-0.2, 0) is 32.4 Å². The van der Waals surface area contributed by atoms with Gasteiger partial charge >= 0.3 is 5.97 Å². The zero-order valence-electron chi connectivity index (χ0n) is 18.5. The summed E-state index contributed by atoms with van der Waals surface area (Å²) in [4.78, 5) is 24.5. The van der Waals surface area contributed by atoms with Crippen LogP contribution in [0.5, 0.6) is 0 Å². The highest BCUT2D eigenvalue weighted by Crippen LogP contribution is 2.24. The van der Waals surface area contributed by atoms with Gasteiger partial charge in [0.25, 0.3) is 5.91 Å². The molecule has 0 radical (unpaired) electrons. The maximum Gasteiger partial charge on any atom is 0.338 e. The van der Waals surface area contributed by atoms with Gasteiger partial charge < -0.3 is 10.1 Å². The van der Waals surface area contributed by atoms with Crippen molar-refractivity contribution in [2.75, 3.05) is 13.2 Å². The Balaban J connectivity index is 1.51. The zero-order chi connectivity index (χ0) is 23.8. The second kappa shape index (κ2) is 11.1. The minimum atomic E-state index is -3.76. The van der Waals surface area contributed by atoms with Crippen LogP contribution in [-0.4, -0.2) is 33.4 Å². The maximum absolute atomic E-state index is 12.3. The van der Waals surface area contributed by atoms with Crippen molar-refractivity contribution in [2.45, 2.75) is 50.0 Å². The van der Waals surface area contributed by atoms with Crippen LogP contribution in [0.2, 0.25) is 0 Å². The van der Waals surface area contributed by atoms with Gasteiger partial charge in [0.1, 0.15) is 0 Å². The molecule has 0 aliphatic heterocycles. The number of ether oxygens (including phenoxy) is 1. The molecule has 3 rings (SSSR count). The largest absolute Gasteiger partial charge is 0.452 e. The van der Waals surface area contributed by atoms with Crippen LogP contribution in [0.15, 0.2) is 47.4 Å².